The van der Waals surface area contributed by atoms with Crippen molar-refractivity contribution in [3.63, 3.8) is 0 Å². The van der Waals surface area contributed by atoms with E-state index in [-0.39, 0.29) is 36.3 Å². The standard InChI is InChI=1S/C29H32N4O5S/c1-2-37-29(36)23-14-21(34)8-9-25(23)38-16-22(35)15-30-20-10-12-33(13-11-20)27-26-24(19-6-4-3-5-7-19)17-39-28(26)32-18-31-27/h3-9,14,17-18,20,22,30,34-35H,2,10-13,15-16H2,1H3. The maximum atomic E-state index is 12.2. The van der Waals surface area contributed by atoms with Gasteiger partial charge in [0.15, 0.2) is 0 Å². The average Bonchev–Trinajstić information content (AvgIpc) is 3.41. The van der Waals surface area contributed by atoms with Crippen LogP contribution in [0, 0.1) is 0 Å². The highest BCUT2D eigenvalue weighted by Gasteiger charge is 2.24. The van der Waals surface area contributed by atoms with Crippen molar-refractivity contribution in [3.8, 4) is 22.6 Å². The zero-order valence-electron chi connectivity index (χ0n) is 21.7. The predicted octanol–water partition coefficient (Wildman–Crippen LogP) is 4.24. The summed E-state index contributed by atoms with van der Waals surface area (Å²) in [6.45, 7) is 3.97. The molecular formula is C29H32N4O5S. The van der Waals surface area contributed by atoms with E-state index in [0.717, 1.165) is 53.1 Å². The van der Waals surface area contributed by atoms with Crippen LogP contribution in [0.5, 0.6) is 11.5 Å². The van der Waals surface area contributed by atoms with Crippen molar-refractivity contribution in [1.82, 2.24) is 15.3 Å². The van der Waals surface area contributed by atoms with Gasteiger partial charge in [0.1, 0.15) is 46.7 Å². The van der Waals surface area contributed by atoms with Crippen molar-refractivity contribution in [2.45, 2.75) is 31.9 Å². The number of hydrogen-bond acceptors (Lipinski definition) is 10. The van der Waals surface area contributed by atoms with Gasteiger partial charge in [-0.05, 0) is 43.5 Å². The second-order valence-electron chi connectivity index (χ2n) is 9.43. The number of aromatic nitrogens is 2. The molecule has 3 N–H and O–H groups in total. The van der Waals surface area contributed by atoms with Gasteiger partial charge in [-0.1, -0.05) is 30.3 Å². The van der Waals surface area contributed by atoms with Crippen LogP contribution in [0.25, 0.3) is 21.3 Å². The third-order valence-electron chi connectivity index (χ3n) is 6.76. The maximum Gasteiger partial charge on any atom is 0.342 e. The number of anilines is 1. The quantitative estimate of drug-likeness (QED) is 0.250. The number of aliphatic hydroxyl groups excluding tert-OH is 1. The Labute approximate surface area is 231 Å². The van der Waals surface area contributed by atoms with Gasteiger partial charge in [-0.2, -0.15) is 0 Å². The molecule has 1 aliphatic rings. The molecule has 1 atom stereocenters. The molecule has 3 heterocycles. The number of piperidine rings is 1. The Morgan fingerprint density at radius 1 is 1.18 bits per heavy atom. The second kappa shape index (κ2) is 12.4. The summed E-state index contributed by atoms with van der Waals surface area (Å²) in [5.41, 5.74) is 2.45. The summed E-state index contributed by atoms with van der Waals surface area (Å²) in [5.74, 6) is 0.593. The van der Waals surface area contributed by atoms with Gasteiger partial charge < -0.3 is 29.9 Å². The van der Waals surface area contributed by atoms with Gasteiger partial charge in [0.25, 0.3) is 0 Å². The Hall–Kier alpha value is -3.73. The van der Waals surface area contributed by atoms with Crippen LogP contribution in [0.1, 0.15) is 30.1 Å². The Balaban J connectivity index is 1.15. The van der Waals surface area contributed by atoms with Gasteiger partial charge >= 0.3 is 5.97 Å². The number of hydrogen-bond donors (Lipinski definition) is 3. The molecule has 39 heavy (non-hydrogen) atoms. The lowest BCUT2D eigenvalue weighted by atomic mass is 10.0. The van der Waals surface area contributed by atoms with Crippen molar-refractivity contribution in [3.05, 3.63) is 65.8 Å². The van der Waals surface area contributed by atoms with Crippen molar-refractivity contribution in [2.75, 3.05) is 37.7 Å². The summed E-state index contributed by atoms with van der Waals surface area (Å²) in [4.78, 5) is 24.7. The first-order valence-electron chi connectivity index (χ1n) is 13.1. The van der Waals surface area contributed by atoms with Gasteiger partial charge in [-0.15, -0.1) is 11.3 Å². The lowest BCUT2D eigenvalue weighted by Crippen LogP contribution is -2.45. The number of nitrogens with one attached hydrogen (secondary N) is 1. The molecule has 2 aromatic heterocycles. The van der Waals surface area contributed by atoms with Crippen molar-refractivity contribution in [1.29, 1.82) is 0 Å². The molecule has 1 aliphatic heterocycles. The number of carbonyl (C=O) groups excluding carboxylic acids is 1. The van der Waals surface area contributed by atoms with E-state index in [2.05, 4.69) is 37.7 Å². The Morgan fingerprint density at radius 3 is 2.74 bits per heavy atom. The van der Waals surface area contributed by atoms with E-state index in [1.807, 2.05) is 18.2 Å². The summed E-state index contributed by atoms with van der Waals surface area (Å²) in [7, 11) is 0. The van der Waals surface area contributed by atoms with E-state index >= 15 is 0 Å². The zero-order chi connectivity index (χ0) is 27.2. The minimum absolute atomic E-state index is 0.00234. The van der Waals surface area contributed by atoms with E-state index < -0.39 is 12.1 Å². The van der Waals surface area contributed by atoms with Crippen LogP contribution in [0.2, 0.25) is 0 Å². The monoisotopic (exact) mass is 548 g/mol. The molecule has 10 heteroatoms. The predicted molar refractivity (Wildman–Crippen MR) is 152 cm³/mol. The zero-order valence-corrected chi connectivity index (χ0v) is 22.6. The molecule has 9 nitrogen and oxygen atoms in total. The molecule has 204 valence electrons. The fourth-order valence-corrected chi connectivity index (χ4v) is 5.69. The number of phenols is 1. The van der Waals surface area contributed by atoms with Gasteiger partial charge in [-0.25, -0.2) is 14.8 Å². The number of aliphatic hydroxyl groups is 1. The molecule has 1 fully saturated rings. The molecule has 4 aromatic rings. The van der Waals surface area contributed by atoms with Crippen molar-refractivity contribution >= 4 is 33.3 Å². The van der Waals surface area contributed by atoms with E-state index in [4.69, 9.17) is 9.47 Å². The van der Waals surface area contributed by atoms with E-state index in [9.17, 15) is 15.0 Å². The topological polar surface area (TPSA) is 117 Å². The third kappa shape index (κ3) is 6.30. The highest BCUT2D eigenvalue weighted by Crippen LogP contribution is 2.38. The van der Waals surface area contributed by atoms with Crippen LogP contribution in [-0.4, -0.2) is 71.1 Å². The number of phenolic OH excluding ortho intramolecular Hbond substituents is 1. The molecule has 0 radical (unpaired) electrons. The van der Waals surface area contributed by atoms with Crippen molar-refractivity contribution < 1.29 is 24.5 Å². The SMILES string of the molecule is CCOC(=O)c1cc(O)ccc1OCC(O)CNC1CCN(c2ncnc3scc(-c4ccccc4)c23)CC1. The highest BCUT2D eigenvalue weighted by molar-refractivity contribution is 7.17. The fraction of sp³-hybridized carbons (Fsp3) is 0.345. The number of ether oxygens (including phenoxy) is 2. The molecule has 5 rings (SSSR count). The molecule has 0 amide bonds. The minimum atomic E-state index is -0.771. The van der Waals surface area contributed by atoms with Crippen LogP contribution in [0.4, 0.5) is 5.82 Å². The third-order valence-corrected chi connectivity index (χ3v) is 7.65. The van der Waals surface area contributed by atoms with E-state index in [1.54, 1.807) is 24.6 Å². The Kier molecular flexibility index (Phi) is 8.55. The number of fused-ring (bicyclic) bond motifs is 1. The number of benzene rings is 2. The number of nitrogens with zero attached hydrogens (tertiary/aromatic N) is 3. The smallest absolute Gasteiger partial charge is 0.342 e. The largest absolute Gasteiger partial charge is 0.508 e. The Morgan fingerprint density at radius 2 is 1.97 bits per heavy atom. The molecule has 1 saturated heterocycles. The van der Waals surface area contributed by atoms with Crippen LogP contribution in [0.15, 0.2) is 60.2 Å². The van der Waals surface area contributed by atoms with Crippen LogP contribution < -0.4 is 15.0 Å². The summed E-state index contributed by atoms with van der Waals surface area (Å²) >= 11 is 1.64. The number of carbonyl (C=O) groups is 1. The van der Waals surface area contributed by atoms with Gasteiger partial charge in [0, 0.05) is 36.6 Å². The van der Waals surface area contributed by atoms with Crippen LogP contribution in [0.3, 0.4) is 0 Å². The first-order valence-corrected chi connectivity index (χ1v) is 14.0. The molecule has 1 unspecified atom stereocenters. The van der Waals surface area contributed by atoms with Gasteiger partial charge in [-0.3, -0.25) is 0 Å². The second-order valence-corrected chi connectivity index (χ2v) is 10.3. The number of aromatic hydroxyl groups is 1. The van der Waals surface area contributed by atoms with Crippen molar-refractivity contribution in [2.24, 2.45) is 0 Å². The van der Waals surface area contributed by atoms with Crippen LogP contribution >= 0.6 is 11.3 Å². The minimum Gasteiger partial charge on any atom is -0.508 e. The molecular weight excluding hydrogens is 516 g/mol. The number of rotatable bonds is 10. The number of esters is 1. The first kappa shape index (κ1) is 26.9. The normalized spacial score (nSPS) is 14.9. The highest BCUT2D eigenvalue weighted by atomic mass is 32.1. The maximum absolute atomic E-state index is 12.2. The Bertz CT molecular complexity index is 1410. The summed E-state index contributed by atoms with van der Waals surface area (Å²) in [6.07, 6.45) is 2.70. The number of thiophene rings is 1. The molecule has 2 aromatic carbocycles. The summed E-state index contributed by atoms with van der Waals surface area (Å²) < 4.78 is 10.7. The van der Waals surface area contributed by atoms with Gasteiger partial charge in [0.05, 0.1) is 12.0 Å². The fourth-order valence-electron chi connectivity index (χ4n) is 4.78. The van der Waals surface area contributed by atoms with Crippen LogP contribution in [-0.2, 0) is 4.74 Å². The summed E-state index contributed by atoms with van der Waals surface area (Å²) in [6, 6.07) is 14.8. The molecule has 0 bridgehead atoms. The molecule has 0 spiro atoms. The molecule has 0 saturated carbocycles. The average molecular weight is 549 g/mol. The lowest BCUT2D eigenvalue weighted by Gasteiger charge is -2.34. The lowest BCUT2D eigenvalue weighted by molar-refractivity contribution is 0.0514. The molecule has 0 aliphatic carbocycles. The van der Waals surface area contributed by atoms with Gasteiger partial charge in [0.2, 0.25) is 0 Å². The van der Waals surface area contributed by atoms with E-state index in [1.165, 1.54) is 18.2 Å². The summed E-state index contributed by atoms with van der Waals surface area (Å²) in [5, 5.41) is 26.9. The first-order chi connectivity index (χ1) is 19.0. The van der Waals surface area contributed by atoms with E-state index in [0.29, 0.717) is 6.54 Å².